The van der Waals surface area contributed by atoms with Crippen LogP contribution in [0.5, 0.6) is 5.75 Å². The lowest BCUT2D eigenvalue weighted by atomic mass is 9.93. The van der Waals surface area contributed by atoms with Gasteiger partial charge in [-0.3, -0.25) is 0 Å². The monoisotopic (exact) mass is 410 g/mol. The zero-order chi connectivity index (χ0) is 22.0. The molecule has 4 rings (SSSR count). The summed E-state index contributed by atoms with van der Waals surface area (Å²) in [4.78, 5) is 22.3. The van der Waals surface area contributed by atoms with Crippen molar-refractivity contribution in [1.82, 2.24) is 0 Å². The first-order chi connectivity index (χ1) is 14.9. The molecule has 0 radical (unpaired) electrons. The van der Waals surface area contributed by atoms with Gasteiger partial charge in [0.25, 0.3) is 0 Å². The summed E-state index contributed by atoms with van der Waals surface area (Å²) in [6.45, 7) is 0. The topological polar surface area (TPSA) is 94.8 Å². The van der Waals surface area contributed by atoms with Crippen LogP contribution in [0.4, 0.5) is 0 Å². The predicted molar refractivity (Wildman–Crippen MR) is 118 cm³/mol. The molecule has 0 atom stereocenters. The maximum absolute atomic E-state index is 11.2. The minimum atomic E-state index is -0.983. The Kier molecular flexibility index (Phi) is 5.24. The average molecular weight is 410 g/mol. The summed E-state index contributed by atoms with van der Waals surface area (Å²) >= 11 is 0. The van der Waals surface area contributed by atoms with Crippen LogP contribution in [0.3, 0.4) is 0 Å². The number of phenolic OH excluding ortho intramolecular Hbond substituents is 1. The molecule has 4 aromatic carbocycles. The Morgan fingerprint density at radius 3 is 1.03 bits per heavy atom. The molecule has 0 spiro atoms. The molecule has 5 nitrogen and oxygen atoms in total. The summed E-state index contributed by atoms with van der Waals surface area (Å²) in [5, 5.41) is 27.9. The molecule has 0 aliphatic heterocycles. The van der Waals surface area contributed by atoms with Crippen LogP contribution in [0.15, 0.2) is 91.0 Å². The summed E-state index contributed by atoms with van der Waals surface area (Å²) < 4.78 is 0. The Balaban J connectivity index is 1.84. The second-order valence-electron chi connectivity index (χ2n) is 7.11. The quantitative estimate of drug-likeness (QED) is 0.387. The molecule has 0 saturated carbocycles. The van der Waals surface area contributed by atoms with Crippen LogP contribution in [0.2, 0.25) is 0 Å². The number of rotatable bonds is 5. The van der Waals surface area contributed by atoms with Crippen molar-refractivity contribution < 1.29 is 24.9 Å². The summed E-state index contributed by atoms with van der Waals surface area (Å²) in [6.07, 6.45) is 0. The maximum Gasteiger partial charge on any atom is 0.335 e. The minimum Gasteiger partial charge on any atom is -0.508 e. The average Bonchev–Trinajstić information content (AvgIpc) is 2.79. The molecular formula is C26H18O5. The van der Waals surface area contributed by atoms with E-state index in [1.165, 1.54) is 0 Å². The van der Waals surface area contributed by atoms with Gasteiger partial charge in [-0.1, -0.05) is 36.4 Å². The molecule has 31 heavy (non-hydrogen) atoms. The molecule has 0 saturated heterocycles. The number of hydrogen-bond donors (Lipinski definition) is 3. The highest BCUT2D eigenvalue weighted by molar-refractivity contribution is 5.90. The Morgan fingerprint density at radius 1 is 0.452 bits per heavy atom. The SMILES string of the molecule is O=C(O)c1ccc(-c2cc(-c3ccc(O)cc3)cc(-c3ccc(C(=O)O)cc3)c2)cc1. The van der Waals surface area contributed by atoms with E-state index in [0.717, 1.165) is 33.4 Å². The molecule has 5 heteroatoms. The van der Waals surface area contributed by atoms with Crippen molar-refractivity contribution in [3.63, 3.8) is 0 Å². The molecule has 0 bridgehead atoms. The van der Waals surface area contributed by atoms with E-state index in [-0.39, 0.29) is 16.9 Å². The van der Waals surface area contributed by atoms with Crippen molar-refractivity contribution in [2.24, 2.45) is 0 Å². The lowest BCUT2D eigenvalue weighted by Crippen LogP contribution is -1.95. The number of aromatic hydroxyl groups is 1. The molecule has 0 amide bonds. The van der Waals surface area contributed by atoms with E-state index in [9.17, 15) is 14.7 Å². The van der Waals surface area contributed by atoms with Crippen molar-refractivity contribution in [2.75, 3.05) is 0 Å². The van der Waals surface area contributed by atoms with Crippen LogP contribution in [0.25, 0.3) is 33.4 Å². The van der Waals surface area contributed by atoms with Crippen molar-refractivity contribution in [2.45, 2.75) is 0 Å². The third-order valence-corrected chi connectivity index (χ3v) is 5.06. The van der Waals surface area contributed by atoms with E-state index < -0.39 is 11.9 Å². The minimum absolute atomic E-state index is 0.175. The van der Waals surface area contributed by atoms with Crippen molar-refractivity contribution in [3.8, 4) is 39.1 Å². The highest BCUT2D eigenvalue weighted by atomic mass is 16.4. The van der Waals surface area contributed by atoms with Gasteiger partial charge in [0, 0.05) is 0 Å². The van der Waals surface area contributed by atoms with Crippen LogP contribution in [-0.2, 0) is 0 Å². The maximum atomic E-state index is 11.2. The highest BCUT2D eigenvalue weighted by Gasteiger charge is 2.10. The third kappa shape index (κ3) is 4.31. The first kappa shape index (κ1) is 19.9. The largest absolute Gasteiger partial charge is 0.508 e. The molecule has 0 aliphatic carbocycles. The molecule has 3 N–H and O–H groups in total. The van der Waals surface area contributed by atoms with E-state index in [2.05, 4.69) is 0 Å². The van der Waals surface area contributed by atoms with Crippen LogP contribution in [0.1, 0.15) is 20.7 Å². The first-order valence-corrected chi connectivity index (χ1v) is 9.53. The van der Waals surface area contributed by atoms with Gasteiger partial charge in [-0.05, 0) is 88.0 Å². The second kappa shape index (κ2) is 8.16. The predicted octanol–water partition coefficient (Wildman–Crippen LogP) is 5.79. The molecule has 0 unspecified atom stereocenters. The van der Waals surface area contributed by atoms with Gasteiger partial charge in [-0.2, -0.15) is 0 Å². The zero-order valence-corrected chi connectivity index (χ0v) is 16.3. The van der Waals surface area contributed by atoms with Gasteiger partial charge in [0.15, 0.2) is 0 Å². The van der Waals surface area contributed by atoms with Crippen molar-refractivity contribution in [3.05, 3.63) is 102 Å². The molecular weight excluding hydrogens is 392 g/mol. The standard InChI is InChI=1S/C26H18O5/c27-24-11-9-18(10-12-24)23-14-21(16-1-5-19(6-2-16)25(28)29)13-22(15-23)17-3-7-20(8-4-17)26(30)31/h1-15,27H,(H,28,29)(H,30,31). The fraction of sp³-hybridized carbons (Fsp3) is 0. The third-order valence-electron chi connectivity index (χ3n) is 5.06. The Morgan fingerprint density at radius 2 is 0.742 bits per heavy atom. The van der Waals surface area contributed by atoms with Gasteiger partial charge in [-0.15, -0.1) is 0 Å². The van der Waals surface area contributed by atoms with E-state index in [4.69, 9.17) is 10.2 Å². The highest BCUT2D eigenvalue weighted by Crippen LogP contribution is 2.33. The van der Waals surface area contributed by atoms with Crippen LogP contribution < -0.4 is 0 Å². The van der Waals surface area contributed by atoms with Gasteiger partial charge in [-0.25, -0.2) is 9.59 Å². The van der Waals surface area contributed by atoms with E-state index >= 15 is 0 Å². The molecule has 152 valence electrons. The lowest BCUT2D eigenvalue weighted by molar-refractivity contribution is 0.0686. The van der Waals surface area contributed by atoms with E-state index in [1.54, 1.807) is 60.7 Å². The normalized spacial score (nSPS) is 10.6. The molecule has 4 aromatic rings. The van der Waals surface area contributed by atoms with E-state index in [1.807, 2.05) is 30.3 Å². The van der Waals surface area contributed by atoms with Crippen molar-refractivity contribution in [1.29, 1.82) is 0 Å². The van der Waals surface area contributed by atoms with Crippen LogP contribution >= 0.6 is 0 Å². The van der Waals surface area contributed by atoms with Gasteiger partial charge in [0.05, 0.1) is 11.1 Å². The number of phenols is 1. The number of carboxylic acid groups (broad SMARTS) is 2. The van der Waals surface area contributed by atoms with Crippen LogP contribution in [0, 0.1) is 0 Å². The first-order valence-electron chi connectivity index (χ1n) is 9.53. The number of carbonyl (C=O) groups is 2. The van der Waals surface area contributed by atoms with Crippen LogP contribution in [-0.4, -0.2) is 27.3 Å². The number of benzene rings is 4. The molecule has 0 aromatic heterocycles. The number of aromatic carboxylic acids is 2. The Hall–Kier alpha value is -4.38. The molecule has 0 fully saturated rings. The van der Waals surface area contributed by atoms with Crippen molar-refractivity contribution >= 4 is 11.9 Å². The Bertz CT molecular complexity index is 1180. The van der Waals surface area contributed by atoms with Gasteiger partial charge >= 0.3 is 11.9 Å². The number of carboxylic acids is 2. The summed E-state index contributed by atoms with van der Waals surface area (Å²) in [7, 11) is 0. The smallest absolute Gasteiger partial charge is 0.335 e. The Labute approximate surface area is 178 Å². The zero-order valence-electron chi connectivity index (χ0n) is 16.3. The number of hydrogen-bond acceptors (Lipinski definition) is 3. The summed E-state index contributed by atoms with van der Waals surface area (Å²) in [5.41, 5.74) is 5.73. The summed E-state index contributed by atoms with van der Waals surface area (Å²) in [5.74, 6) is -1.79. The molecule has 0 aliphatic rings. The van der Waals surface area contributed by atoms with Gasteiger partial charge < -0.3 is 15.3 Å². The van der Waals surface area contributed by atoms with Gasteiger partial charge in [0.1, 0.15) is 5.75 Å². The fourth-order valence-corrected chi connectivity index (χ4v) is 3.39. The van der Waals surface area contributed by atoms with E-state index in [0.29, 0.717) is 0 Å². The fourth-order valence-electron chi connectivity index (χ4n) is 3.39. The second-order valence-corrected chi connectivity index (χ2v) is 7.11. The summed E-state index contributed by atoms with van der Waals surface area (Å²) in [6, 6.07) is 26.1. The molecule has 0 heterocycles. The lowest BCUT2D eigenvalue weighted by Gasteiger charge is -2.12. The van der Waals surface area contributed by atoms with Gasteiger partial charge in [0.2, 0.25) is 0 Å².